The minimum absolute atomic E-state index is 0.0222. The first-order chi connectivity index (χ1) is 22.9. The van der Waals surface area contributed by atoms with Crippen LogP contribution < -0.4 is 9.47 Å². The summed E-state index contributed by atoms with van der Waals surface area (Å²) in [4.78, 5) is 45.8. The smallest absolute Gasteiger partial charge is 0.341 e. The Morgan fingerprint density at radius 2 is 1.92 bits per heavy atom. The largest absolute Gasteiger partial charge is 0.497 e. The van der Waals surface area contributed by atoms with Crippen molar-refractivity contribution in [2.75, 3.05) is 34.1 Å². The van der Waals surface area contributed by atoms with Crippen molar-refractivity contribution in [3.05, 3.63) is 64.1 Å². The second kappa shape index (κ2) is 13.2. The average molecular weight is 685 g/mol. The zero-order chi connectivity index (χ0) is 34.3. The maximum absolute atomic E-state index is 14.1. The van der Waals surface area contributed by atoms with Gasteiger partial charge in [-0.2, -0.15) is 0 Å². The molecule has 6 rings (SSSR count). The molecule has 0 saturated carbocycles. The van der Waals surface area contributed by atoms with Gasteiger partial charge in [-0.1, -0.05) is 11.6 Å². The van der Waals surface area contributed by atoms with Gasteiger partial charge in [0, 0.05) is 12.7 Å². The molecule has 4 heterocycles. The van der Waals surface area contributed by atoms with E-state index in [9.17, 15) is 19.5 Å². The molecule has 4 unspecified atom stereocenters. The summed E-state index contributed by atoms with van der Waals surface area (Å²) < 4.78 is 34.1. The molecule has 48 heavy (non-hydrogen) atoms. The normalized spacial score (nSPS) is 23.9. The Morgan fingerprint density at radius 1 is 1.15 bits per heavy atom. The maximum Gasteiger partial charge on any atom is 0.341 e. The highest BCUT2D eigenvalue weighted by atomic mass is 35.5. The number of aliphatic hydroxyl groups is 1. The molecule has 0 radical (unpaired) electrons. The van der Waals surface area contributed by atoms with E-state index < -0.39 is 47.2 Å². The minimum Gasteiger partial charge on any atom is -0.497 e. The molecule has 0 amide bonds. The van der Waals surface area contributed by atoms with Gasteiger partial charge in [-0.05, 0) is 100 Å². The van der Waals surface area contributed by atoms with Gasteiger partial charge in [0.1, 0.15) is 16.5 Å². The van der Waals surface area contributed by atoms with Gasteiger partial charge in [-0.3, -0.25) is 9.69 Å². The molecule has 258 valence electrons. The quantitative estimate of drug-likeness (QED) is 0.202. The van der Waals surface area contributed by atoms with E-state index in [1.807, 2.05) is 12.1 Å². The van der Waals surface area contributed by atoms with Crippen LogP contribution in [0.1, 0.15) is 79.8 Å². The van der Waals surface area contributed by atoms with Crippen LogP contribution in [0.2, 0.25) is 5.15 Å². The summed E-state index contributed by atoms with van der Waals surface area (Å²) in [5.41, 5.74) is -1.54. The van der Waals surface area contributed by atoms with Crippen molar-refractivity contribution in [2.45, 2.75) is 87.6 Å². The highest BCUT2D eigenvalue weighted by Crippen LogP contribution is 2.55. The third-order valence-electron chi connectivity index (χ3n) is 9.96. The Morgan fingerprint density at radius 3 is 2.65 bits per heavy atom. The van der Waals surface area contributed by atoms with Crippen LogP contribution in [0.5, 0.6) is 11.5 Å². The molecular formula is C35H41ClN2O10. The van der Waals surface area contributed by atoms with E-state index in [0.717, 1.165) is 43.5 Å². The van der Waals surface area contributed by atoms with Crippen LogP contribution in [-0.2, 0) is 35.0 Å². The number of carbonyl (C=O) groups excluding carboxylic acids is 3. The highest BCUT2D eigenvalue weighted by molar-refractivity contribution is 6.32. The summed E-state index contributed by atoms with van der Waals surface area (Å²) in [5, 5.41) is 11.9. The number of esters is 3. The number of pyridine rings is 1. The van der Waals surface area contributed by atoms with Crippen LogP contribution in [0.25, 0.3) is 0 Å². The van der Waals surface area contributed by atoms with Crippen LogP contribution in [0.15, 0.2) is 42.3 Å². The number of fused-ring (bicyclic) bond motifs is 3. The molecule has 1 saturated heterocycles. The molecule has 1 spiro atoms. The van der Waals surface area contributed by atoms with Crippen molar-refractivity contribution in [1.82, 2.24) is 9.88 Å². The molecule has 0 bridgehead atoms. The summed E-state index contributed by atoms with van der Waals surface area (Å²) in [6.07, 6.45) is 4.89. The van der Waals surface area contributed by atoms with E-state index in [-0.39, 0.29) is 42.7 Å². The van der Waals surface area contributed by atoms with Crippen LogP contribution >= 0.6 is 11.6 Å². The molecule has 1 aliphatic carbocycles. The lowest BCUT2D eigenvalue weighted by Crippen LogP contribution is -2.49. The molecule has 1 fully saturated rings. The fraction of sp³-hybridized carbons (Fsp3) is 0.543. The molecule has 3 aliphatic heterocycles. The van der Waals surface area contributed by atoms with Gasteiger partial charge in [0.25, 0.3) is 0 Å². The van der Waals surface area contributed by atoms with E-state index in [2.05, 4.69) is 16.0 Å². The number of halogens is 1. The third kappa shape index (κ3) is 6.33. The van der Waals surface area contributed by atoms with Gasteiger partial charge in [0.15, 0.2) is 23.2 Å². The Hall–Kier alpha value is -3.87. The van der Waals surface area contributed by atoms with Crippen molar-refractivity contribution < 1.29 is 47.9 Å². The molecule has 1 N–H and O–H groups in total. The molecule has 2 aromatic rings. The molecule has 1 aromatic heterocycles. The number of benzene rings is 1. The lowest BCUT2D eigenvalue weighted by Gasteiger charge is -2.39. The highest BCUT2D eigenvalue weighted by Gasteiger charge is 2.59. The predicted molar refractivity (Wildman–Crippen MR) is 172 cm³/mol. The predicted octanol–water partition coefficient (Wildman–Crippen LogP) is 4.49. The molecule has 12 nitrogen and oxygen atoms in total. The summed E-state index contributed by atoms with van der Waals surface area (Å²) in [7, 11) is 2.73. The minimum atomic E-state index is -2.23. The average Bonchev–Trinajstić information content (AvgIpc) is 3.74. The Labute approximate surface area is 284 Å². The van der Waals surface area contributed by atoms with Gasteiger partial charge in [0.2, 0.25) is 6.79 Å². The number of nitrogens with zero attached hydrogens (tertiary/aromatic N) is 2. The van der Waals surface area contributed by atoms with Gasteiger partial charge in [0.05, 0.1) is 37.7 Å². The number of hydrogen-bond donors (Lipinski definition) is 1. The molecule has 4 atom stereocenters. The second-order valence-electron chi connectivity index (χ2n) is 13.4. The zero-order valence-electron chi connectivity index (χ0n) is 27.6. The second-order valence-corrected chi connectivity index (χ2v) is 13.8. The Kier molecular flexibility index (Phi) is 9.36. The summed E-state index contributed by atoms with van der Waals surface area (Å²) >= 11 is 6.07. The standard InChI is InChI=1S/C35H41ClN2O10/c1-33(2,48-31(40)22-8-5-13-37-30(22)36)10-6-12-35(42,19-27(39)44-4)32(41)47-29-26(43-3)18-34-11-7-14-38(34)15-9-21-16-24-25(46-20-45-24)17-23(21)28(29)34/h5,8,13,16-18,28-29,42H,6-7,9-12,14-15,19-20H2,1-4H3. The number of hydrogen-bond acceptors (Lipinski definition) is 12. The summed E-state index contributed by atoms with van der Waals surface area (Å²) in [6.45, 7) is 5.24. The summed E-state index contributed by atoms with van der Waals surface area (Å²) in [5.74, 6) is -0.955. The van der Waals surface area contributed by atoms with Crippen LogP contribution in [0.3, 0.4) is 0 Å². The molecular weight excluding hydrogens is 644 g/mol. The third-order valence-corrected chi connectivity index (χ3v) is 10.3. The van der Waals surface area contributed by atoms with Crippen LogP contribution in [0, 0.1) is 0 Å². The fourth-order valence-electron chi connectivity index (χ4n) is 7.59. The maximum atomic E-state index is 14.1. The SMILES string of the molecule is COC(=O)CC(O)(CCCC(C)(C)OC(=O)c1cccnc1Cl)C(=O)OC1C(OC)=CC23CCCN2CCc2cc4c(cc2C13)OCO4. The lowest BCUT2D eigenvalue weighted by molar-refractivity contribution is -0.178. The van der Waals surface area contributed by atoms with E-state index in [1.165, 1.54) is 26.5 Å². The molecule has 1 aromatic carbocycles. The van der Waals surface area contributed by atoms with E-state index >= 15 is 0 Å². The van der Waals surface area contributed by atoms with E-state index in [1.54, 1.807) is 19.9 Å². The first-order valence-corrected chi connectivity index (χ1v) is 16.6. The van der Waals surface area contributed by atoms with Crippen molar-refractivity contribution in [3.8, 4) is 11.5 Å². The fourth-order valence-corrected chi connectivity index (χ4v) is 7.79. The monoisotopic (exact) mass is 684 g/mol. The first kappa shape index (κ1) is 34.0. The summed E-state index contributed by atoms with van der Waals surface area (Å²) in [6, 6.07) is 7.07. The van der Waals surface area contributed by atoms with Crippen LogP contribution in [-0.4, -0.2) is 89.8 Å². The number of methoxy groups -OCH3 is 2. The number of aromatic nitrogens is 1. The van der Waals surface area contributed by atoms with Gasteiger partial charge >= 0.3 is 17.9 Å². The van der Waals surface area contributed by atoms with Gasteiger partial charge < -0.3 is 33.5 Å². The van der Waals surface area contributed by atoms with Crippen molar-refractivity contribution in [2.24, 2.45) is 0 Å². The topological polar surface area (TPSA) is 143 Å². The first-order valence-electron chi connectivity index (χ1n) is 16.2. The van der Waals surface area contributed by atoms with Crippen molar-refractivity contribution >= 4 is 29.5 Å². The van der Waals surface area contributed by atoms with Gasteiger partial charge in [-0.15, -0.1) is 0 Å². The Balaban J connectivity index is 1.24. The van der Waals surface area contributed by atoms with Crippen LogP contribution in [0.4, 0.5) is 0 Å². The number of rotatable bonds is 11. The number of ether oxygens (including phenoxy) is 6. The Bertz CT molecular complexity index is 1630. The molecule has 13 heteroatoms. The van der Waals surface area contributed by atoms with E-state index in [0.29, 0.717) is 17.3 Å². The van der Waals surface area contributed by atoms with E-state index in [4.69, 9.17) is 40.0 Å². The van der Waals surface area contributed by atoms with Crippen molar-refractivity contribution in [3.63, 3.8) is 0 Å². The van der Waals surface area contributed by atoms with Crippen molar-refractivity contribution in [1.29, 1.82) is 0 Å². The lowest BCUT2D eigenvalue weighted by atomic mass is 9.77. The molecule has 4 aliphatic rings. The van der Waals surface area contributed by atoms with Gasteiger partial charge in [-0.25, -0.2) is 14.6 Å². The zero-order valence-corrected chi connectivity index (χ0v) is 28.3. The number of carbonyl (C=O) groups is 3.